The third-order valence-corrected chi connectivity index (χ3v) is 2.48. The molecule has 2 aromatic rings. The molecule has 0 saturated carbocycles. The van der Waals surface area contributed by atoms with Crippen molar-refractivity contribution >= 4 is 11.6 Å². The molecule has 0 aliphatic rings. The summed E-state index contributed by atoms with van der Waals surface area (Å²) in [5.41, 5.74) is 1.56. The molecule has 0 atom stereocenters. The van der Waals surface area contributed by atoms with E-state index in [1.165, 1.54) is 7.11 Å². The summed E-state index contributed by atoms with van der Waals surface area (Å²) in [7, 11) is 1.47. The summed E-state index contributed by atoms with van der Waals surface area (Å²) in [6.45, 7) is 3.49. The molecule has 0 saturated heterocycles. The second-order valence-corrected chi connectivity index (χ2v) is 3.71. The first-order chi connectivity index (χ1) is 8.63. The van der Waals surface area contributed by atoms with Crippen molar-refractivity contribution in [2.75, 3.05) is 12.4 Å². The van der Waals surface area contributed by atoms with Gasteiger partial charge < -0.3 is 14.6 Å². The van der Waals surface area contributed by atoms with Gasteiger partial charge in [-0.15, -0.1) is 0 Å². The molecule has 2 aromatic heterocycles. The maximum atomic E-state index is 12.1. The van der Waals surface area contributed by atoms with Crippen molar-refractivity contribution in [3.05, 3.63) is 35.3 Å². The second kappa shape index (κ2) is 4.87. The molecule has 0 bridgehead atoms. The van der Waals surface area contributed by atoms with E-state index in [9.17, 15) is 4.79 Å². The van der Waals surface area contributed by atoms with Gasteiger partial charge in [-0.25, -0.2) is 4.98 Å². The molecule has 0 aromatic carbocycles. The molecular weight excluding hydrogens is 234 g/mol. The lowest BCUT2D eigenvalue weighted by atomic mass is 10.2. The molecule has 1 amide bonds. The standard InChI is InChI=1S/C12H13N3O3/c1-7-10(8(2)18-15-7)14-11(16)9-5-4-6-13-12(9)17-3/h4-6H,1-3H3,(H,14,16). The minimum absolute atomic E-state index is 0.279. The highest BCUT2D eigenvalue weighted by Gasteiger charge is 2.17. The fourth-order valence-electron chi connectivity index (χ4n) is 1.57. The maximum absolute atomic E-state index is 12.1. The Balaban J connectivity index is 2.28. The number of aromatic nitrogens is 2. The van der Waals surface area contributed by atoms with Gasteiger partial charge in [-0.3, -0.25) is 4.79 Å². The molecule has 0 unspecified atom stereocenters. The number of hydrogen-bond donors (Lipinski definition) is 1. The van der Waals surface area contributed by atoms with Gasteiger partial charge in [0.1, 0.15) is 16.9 Å². The van der Waals surface area contributed by atoms with E-state index in [1.54, 1.807) is 32.2 Å². The van der Waals surface area contributed by atoms with Crippen LogP contribution in [0, 0.1) is 13.8 Å². The molecule has 6 heteroatoms. The van der Waals surface area contributed by atoms with Crippen LogP contribution in [0.2, 0.25) is 0 Å². The fraction of sp³-hybridized carbons (Fsp3) is 0.250. The van der Waals surface area contributed by atoms with E-state index in [2.05, 4.69) is 15.5 Å². The Morgan fingerprint density at radius 2 is 2.22 bits per heavy atom. The number of amides is 1. The molecule has 0 aliphatic heterocycles. The van der Waals surface area contributed by atoms with Crippen molar-refractivity contribution in [3.63, 3.8) is 0 Å². The van der Waals surface area contributed by atoms with Crippen molar-refractivity contribution in [2.45, 2.75) is 13.8 Å². The minimum Gasteiger partial charge on any atom is -0.480 e. The first-order valence-corrected chi connectivity index (χ1v) is 5.36. The Labute approximate surface area is 104 Å². The summed E-state index contributed by atoms with van der Waals surface area (Å²) in [6, 6.07) is 3.31. The van der Waals surface area contributed by atoms with Crippen molar-refractivity contribution in [1.29, 1.82) is 0 Å². The first-order valence-electron chi connectivity index (χ1n) is 5.36. The summed E-state index contributed by atoms with van der Waals surface area (Å²) in [6.07, 6.45) is 1.56. The number of hydrogen-bond acceptors (Lipinski definition) is 5. The smallest absolute Gasteiger partial charge is 0.261 e. The average Bonchev–Trinajstić information content (AvgIpc) is 2.70. The van der Waals surface area contributed by atoms with Gasteiger partial charge in [0.15, 0.2) is 5.76 Å². The summed E-state index contributed by atoms with van der Waals surface area (Å²) in [5.74, 6) is 0.528. The Kier molecular flexibility index (Phi) is 3.27. The van der Waals surface area contributed by atoms with Crippen LogP contribution in [0.15, 0.2) is 22.9 Å². The van der Waals surface area contributed by atoms with E-state index in [-0.39, 0.29) is 11.8 Å². The van der Waals surface area contributed by atoms with E-state index in [0.29, 0.717) is 22.7 Å². The summed E-state index contributed by atoms with van der Waals surface area (Å²) >= 11 is 0. The molecule has 94 valence electrons. The van der Waals surface area contributed by atoms with Gasteiger partial charge in [-0.1, -0.05) is 5.16 Å². The van der Waals surface area contributed by atoms with Crippen LogP contribution >= 0.6 is 0 Å². The zero-order valence-corrected chi connectivity index (χ0v) is 10.4. The molecule has 2 heterocycles. The molecule has 1 N–H and O–H groups in total. The highest BCUT2D eigenvalue weighted by atomic mass is 16.5. The van der Waals surface area contributed by atoms with Gasteiger partial charge in [0.05, 0.1) is 7.11 Å². The number of pyridine rings is 1. The van der Waals surface area contributed by atoms with Crippen LogP contribution in [0.5, 0.6) is 5.88 Å². The number of nitrogens with one attached hydrogen (secondary N) is 1. The third kappa shape index (κ3) is 2.17. The van der Waals surface area contributed by atoms with E-state index < -0.39 is 0 Å². The zero-order chi connectivity index (χ0) is 13.1. The Morgan fingerprint density at radius 3 is 2.83 bits per heavy atom. The lowest BCUT2D eigenvalue weighted by Gasteiger charge is -2.07. The predicted octanol–water partition coefficient (Wildman–Crippen LogP) is 1.95. The van der Waals surface area contributed by atoms with Gasteiger partial charge in [0.2, 0.25) is 5.88 Å². The van der Waals surface area contributed by atoms with Gasteiger partial charge in [-0.2, -0.15) is 0 Å². The molecule has 0 radical (unpaired) electrons. The summed E-state index contributed by atoms with van der Waals surface area (Å²) in [5, 5.41) is 6.50. The number of ether oxygens (including phenoxy) is 1. The first kappa shape index (κ1) is 12.1. The van der Waals surface area contributed by atoms with Crippen LogP contribution in [0.25, 0.3) is 0 Å². The van der Waals surface area contributed by atoms with E-state index in [1.807, 2.05) is 0 Å². The number of carbonyl (C=O) groups is 1. The van der Waals surface area contributed by atoms with Crippen molar-refractivity contribution < 1.29 is 14.1 Å². The highest BCUT2D eigenvalue weighted by molar-refractivity contribution is 6.06. The van der Waals surface area contributed by atoms with Crippen LogP contribution < -0.4 is 10.1 Å². The number of methoxy groups -OCH3 is 1. The highest BCUT2D eigenvalue weighted by Crippen LogP contribution is 2.21. The van der Waals surface area contributed by atoms with Crippen LogP contribution in [0.1, 0.15) is 21.8 Å². The zero-order valence-electron chi connectivity index (χ0n) is 10.4. The van der Waals surface area contributed by atoms with E-state index in [4.69, 9.17) is 9.26 Å². The third-order valence-electron chi connectivity index (χ3n) is 2.48. The van der Waals surface area contributed by atoms with Crippen LogP contribution in [0.3, 0.4) is 0 Å². The summed E-state index contributed by atoms with van der Waals surface area (Å²) < 4.78 is 10.0. The van der Waals surface area contributed by atoms with Crippen LogP contribution in [0.4, 0.5) is 5.69 Å². The lowest BCUT2D eigenvalue weighted by molar-refractivity contribution is 0.102. The monoisotopic (exact) mass is 247 g/mol. The molecule has 6 nitrogen and oxygen atoms in total. The van der Waals surface area contributed by atoms with E-state index in [0.717, 1.165) is 0 Å². The fourth-order valence-corrected chi connectivity index (χ4v) is 1.57. The molecule has 2 rings (SSSR count). The van der Waals surface area contributed by atoms with Crippen molar-refractivity contribution in [1.82, 2.24) is 10.1 Å². The predicted molar refractivity (Wildman–Crippen MR) is 64.7 cm³/mol. The van der Waals surface area contributed by atoms with Gasteiger partial charge in [0, 0.05) is 6.20 Å². The van der Waals surface area contributed by atoms with Crippen molar-refractivity contribution in [2.24, 2.45) is 0 Å². The number of rotatable bonds is 3. The molecule has 18 heavy (non-hydrogen) atoms. The number of anilines is 1. The van der Waals surface area contributed by atoms with Gasteiger partial charge in [0.25, 0.3) is 5.91 Å². The van der Waals surface area contributed by atoms with Gasteiger partial charge in [-0.05, 0) is 26.0 Å². The molecule has 0 spiro atoms. The summed E-state index contributed by atoms with van der Waals surface area (Å²) in [4.78, 5) is 16.1. The normalized spacial score (nSPS) is 10.2. The number of nitrogens with zero attached hydrogens (tertiary/aromatic N) is 2. The Morgan fingerprint density at radius 1 is 1.44 bits per heavy atom. The van der Waals surface area contributed by atoms with Crippen molar-refractivity contribution in [3.8, 4) is 5.88 Å². The quantitative estimate of drug-likeness (QED) is 0.896. The Bertz CT molecular complexity index is 558. The van der Waals surface area contributed by atoms with Gasteiger partial charge >= 0.3 is 0 Å². The SMILES string of the molecule is COc1ncccc1C(=O)Nc1c(C)noc1C. The average molecular weight is 247 g/mol. The second-order valence-electron chi connectivity index (χ2n) is 3.71. The molecule has 0 fully saturated rings. The number of carbonyl (C=O) groups excluding carboxylic acids is 1. The lowest BCUT2D eigenvalue weighted by Crippen LogP contribution is -2.14. The maximum Gasteiger partial charge on any atom is 0.261 e. The minimum atomic E-state index is -0.311. The van der Waals surface area contributed by atoms with Crippen LogP contribution in [-0.4, -0.2) is 23.2 Å². The Hall–Kier alpha value is -2.37. The molecule has 0 aliphatic carbocycles. The van der Waals surface area contributed by atoms with Crippen LogP contribution in [-0.2, 0) is 0 Å². The van der Waals surface area contributed by atoms with E-state index >= 15 is 0 Å². The topological polar surface area (TPSA) is 77.2 Å². The molecular formula is C12H13N3O3. The number of aryl methyl sites for hydroxylation is 2. The largest absolute Gasteiger partial charge is 0.480 e.